The zero-order valence-corrected chi connectivity index (χ0v) is 15.0. The van der Waals surface area contributed by atoms with Gasteiger partial charge < -0.3 is 4.84 Å². The Hall–Kier alpha value is -3.12. The molecule has 0 fully saturated rings. The number of alkyl halides is 3. The maximum atomic E-state index is 12.6. The predicted molar refractivity (Wildman–Crippen MR) is 101 cm³/mol. The second-order valence-electron chi connectivity index (χ2n) is 5.78. The quantitative estimate of drug-likeness (QED) is 0.295. The molecule has 7 heteroatoms. The lowest BCUT2D eigenvalue weighted by molar-refractivity contribution is -0.137. The van der Waals surface area contributed by atoms with Gasteiger partial charge in [-0.3, -0.25) is 0 Å². The van der Waals surface area contributed by atoms with Crippen LogP contribution in [0.4, 0.5) is 13.2 Å². The number of rotatable bonds is 4. The van der Waals surface area contributed by atoms with Crippen molar-refractivity contribution >= 4 is 23.8 Å². The van der Waals surface area contributed by atoms with Crippen molar-refractivity contribution in [2.75, 3.05) is 0 Å². The van der Waals surface area contributed by atoms with Crippen LogP contribution in [0.3, 0.4) is 0 Å². The molecule has 0 saturated carbocycles. The first-order chi connectivity index (χ1) is 13.3. The van der Waals surface area contributed by atoms with Gasteiger partial charge in [0.1, 0.15) is 0 Å². The standard InChI is InChI=1S/C21H13ClF3NO2/c22-18-11-7-14(8-12-18)19-4-2-1-3-16(19)13-26-28-20(27)15-5-9-17(10-6-15)21(23,24)25/h1-13H/b26-13+. The van der Waals surface area contributed by atoms with Crippen LogP contribution in [0.25, 0.3) is 11.1 Å². The summed E-state index contributed by atoms with van der Waals surface area (Å²) in [6.07, 6.45) is -3.10. The summed E-state index contributed by atoms with van der Waals surface area (Å²) in [5.41, 5.74) is 1.58. The molecule has 3 rings (SSSR count). The lowest BCUT2D eigenvalue weighted by Gasteiger charge is -2.07. The second kappa shape index (κ2) is 8.27. The SMILES string of the molecule is O=C(O/N=C/c1ccccc1-c1ccc(Cl)cc1)c1ccc(C(F)(F)F)cc1. The average molecular weight is 404 g/mol. The lowest BCUT2D eigenvalue weighted by atomic mass is 10.0. The van der Waals surface area contributed by atoms with E-state index in [1.807, 2.05) is 24.3 Å². The van der Waals surface area contributed by atoms with Crippen molar-refractivity contribution in [1.29, 1.82) is 0 Å². The van der Waals surface area contributed by atoms with Crippen LogP contribution in [0, 0.1) is 0 Å². The number of halogens is 4. The normalized spacial score (nSPS) is 11.6. The van der Waals surface area contributed by atoms with Gasteiger partial charge in [0.2, 0.25) is 0 Å². The number of carbonyl (C=O) groups excluding carboxylic acids is 1. The molecule has 3 nitrogen and oxygen atoms in total. The highest BCUT2D eigenvalue weighted by Crippen LogP contribution is 2.29. The lowest BCUT2D eigenvalue weighted by Crippen LogP contribution is -2.06. The number of oxime groups is 1. The zero-order chi connectivity index (χ0) is 20.1. The van der Waals surface area contributed by atoms with E-state index in [2.05, 4.69) is 5.16 Å². The summed E-state index contributed by atoms with van der Waals surface area (Å²) in [6.45, 7) is 0. The summed E-state index contributed by atoms with van der Waals surface area (Å²) >= 11 is 5.90. The number of nitrogens with zero attached hydrogens (tertiary/aromatic N) is 1. The van der Waals surface area contributed by atoms with Crippen LogP contribution >= 0.6 is 11.6 Å². The molecule has 0 radical (unpaired) electrons. The van der Waals surface area contributed by atoms with Crippen LogP contribution in [0.2, 0.25) is 5.02 Å². The fourth-order valence-corrected chi connectivity index (χ4v) is 2.61. The summed E-state index contributed by atoms with van der Waals surface area (Å²) in [5.74, 6) is -0.853. The minimum Gasteiger partial charge on any atom is -0.313 e. The highest BCUT2D eigenvalue weighted by molar-refractivity contribution is 6.30. The number of hydrogen-bond acceptors (Lipinski definition) is 3. The van der Waals surface area contributed by atoms with Gasteiger partial charge in [-0.1, -0.05) is 53.2 Å². The van der Waals surface area contributed by atoms with Gasteiger partial charge in [-0.15, -0.1) is 0 Å². The summed E-state index contributed by atoms with van der Waals surface area (Å²) < 4.78 is 37.7. The summed E-state index contributed by atoms with van der Waals surface area (Å²) in [7, 11) is 0. The first-order valence-corrected chi connectivity index (χ1v) is 8.49. The van der Waals surface area contributed by atoms with Crippen molar-refractivity contribution in [3.05, 3.63) is 94.5 Å². The number of hydrogen-bond donors (Lipinski definition) is 0. The zero-order valence-electron chi connectivity index (χ0n) is 14.3. The largest absolute Gasteiger partial charge is 0.416 e. The molecule has 0 aliphatic heterocycles. The molecule has 0 N–H and O–H groups in total. The Kier molecular flexibility index (Phi) is 5.80. The average Bonchev–Trinajstić information content (AvgIpc) is 2.68. The van der Waals surface area contributed by atoms with E-state index in [0.717, 1.165) is 35.4 Å². The Morgan fingerprint density at radius 1 is 0.929 bits per heavy atom. The molecule has 0 aliphatic rings. The Balaban J connectivity index is 1.73. The molecule has 3 aromatic carbocycles. The fourth-order valence-electron chi connectivity index (χ4n) is 2.48. The van der Waals surface area contributed by atoms with Crippen LogP contribution in [-0.2, 0) is 11.0 Å². The van der Waals surface area contributed by atoms with Crippen LogP contribution in [0.5, 0.6) is 0 Å². The molecular weight excluding hydrogens is 391 g/mol. The van der Waals surface area contributed by atoms with Gasteiger partial charge in [-0.05, 0) is 47.5 Å². The molecule has 0 heterocycles. The molecule has 28 heavy (non-hydrogen) atoms. The Labute approximate surface area is 164 Å². The van der Waals surface area contributed by atoms with Gasteiger partial charge >= 0.3 is 12.1 Å². The molecule has 0 amide bonds. The third-order valence-corrected chi connectivity index (χ3v) is 4.14. The van der Waals surface area contributed by atoms with Crippen molar-refractivity contribution in [3.63, 3.8) is 0 Å². The molecule has 0 aromatic heterocycles. The Morgan fingerprint density at radius 2 is 1.57 bits per heavy atom. The third kappa shape index (κ3) is 4.78. The van der Waals surface area contributed by atoms with E-state index < -0.39 is 17.7 Å². The van der Waals surface area contributed by atoms with Gasteiger partial charge in [-0.25, -0.2) is 4.79 Å². The Morgan fingerprint density at radius 3 is 2.21 bits per heavy atom. The van der Waals surface area contributed by atoms with Gasteiger partial charge in [0.05, 0.1) is 17.3 Å². The van der Waals surface area contributed by atoms with E-state index in [4.69, 9.17) is 16.4 Å². The van der Waals surface area contributed by atoms with Crippen molar-refractivity contribution in [1.82, 2.24) is 0 Å². The summed E-state index contributed by atoms with van der Waals surface area (Å²) in [6, 6.07) is 18.3. The molecular formula is C21H13ClF3NO2. The van der Waals surface area contributed by atoms with Crippen molar-refractivity contribution < 1.29 is 22.8 Å². The summed E-state index contributed by atoms with van der Waals surface area (Å²) in [5, 5.41) is 4.28. The summed E-state index contributed by atoms with van der Waals surface area (Å²) in [4.78, 5) is 16.8. The van der Waals surface area contributed by atoms with Crippen molar-refractivity contribution in [2.24, 2.45) is 5.16 Å². The molecule has 0 atom stereocenters. The van der Waals surface area contributed by atoms with Gasteiger partial charge in [0, 0.05) is 10.6 Å². The Bertz CT molecular complexity index is 997. The fraction of sp³-hybridized carbons (Fsp3) is 0.0476. The first kappa shape index (κ1) is 19.6. The molecule has 0 spiro atoms. The van der Waals surface area contributed by atoms with E-state index in [-0.39, 0.29) is 5.56 Å². The maximum Gasteiger partial charge on any atom is 0.416 e. The number of benzene rings is 3. The van der Waals surface area contributed by atoms with Crippen LogP contribution < -0.4 is 0 Å². The van der Waals surface area contributed by atoms with Gasteiger partial charge in [0.25, 0.3) is 0 Å². The molecule has 0 unspecified atom stereocenters. The van der Waals surface area contributed by atoms with Crippen molar-refractivity contribution in [2.45, 2.75) is 6.18 Å². The molecule has 0 aliphatic carbocycles. The van der Waals surface area contributed by atoms with Crippen LogP contribution in [-0.4, -0.2) is 12.2 Å². The third-order valence-electron chi connectivity index (χ3n) is 3.89. The van der Waals surface area contributed by atoms with E-state index >= 15 is 0 Å². The first-order valence-electron chi connectivity index (χ1n) is 8.11. The maximum absolute atomic E-state index is 12.6. The van der Waals surface area contributed by atoms with Gasteiger partial charge in [0.15, 0.2) is 0 Å². The van der Waals surface area contributed by atoms with E-state index in [1.54, 1.807) is 24.3 Å². The number of carbonyl (C=O) groups is 1. The smallest absolute Gasteiger partial charge is 0.313 e. The molecule has 3 aromatic rings. The minimum atomic E-state index is -4.47. The van der Waals surface area contributed by atoms with E-state index in [9.17, 15) is 18.0 Å². The molecule has 0 bridgehead atoms. The predicted octanol–water partition coefficient (Wildman–Crippen LogP) is 6.22. The van der Waals surface area contributed by atoms with Crippen molar-refractivity contribution in [3.8, 4) is 11.1 Å². The van der Waals surface area contributed by atoms with Crippen LogP contribution in [0.1, 0.15) is 21.5 Å². The van der Waals surface area contributed by atoms with E-state index in [0.29, 0.717) is 10.6 Å². The topological polar surface area (TPSA) is 38.7 Å². The highest BCUT2D eigenvalue weighted by atomic mass is 35.5. The molecule has 142 valence electrons. The second-order valence-corrected chi connectivity index (χ2v) is 6.22. The van der Waals surface area contributed by atoms with Gasteiger partial charge in [-0.2, -0.15) is 13.2 Å². The molecule has 0 saturated heterocycles. The monoisotopic (exact) mass is 403 g/mol. The van der Waals surface area contributed by atoms with E-state index in [1.165, 1.54) is 6.21 Å². The minimum absolute atomic E-state index is 0.0314. The highest BCUT2D eigenvalue weighted by Gasteiger charge is 2.30. The van der Waals surface area contributed by atoms with Crippen LogP contribution in [0.15, 0.2) is 78.0 Å².